The lowest BCUT2D eigenvalue weighted by molar-refractivity contribution is -0.141. The van der Waals surface area contributed by atoms with E-state index in [0.29, 0.717) is 11.1 Å². The molecule has 0 aliphatic heterocycles. The van der Waals surface area contributed by atoms with Crippen molar-refractivity contribution < 1.29 is 13.2 Å². The summed E-state index contributed by atoms with van der Waals surface area (Å²) < 4.78 is 38.5. The Morgan fingerprint density at radius 1 is 1.14 bits per heavy atom. The van der Waals surface area contributed by atoms with Crippen LogP contribution in [0.15, 0.2) is 79.0 Å². The van der Waals surface area contributed by atoms with Crippen LogP contribution in [0.3, 0.4) is 0 Å². The van der Waals surface area contributed by atoms with Crippen molar-refractivity contribution in [3.05, 3.63) is 101 Å². The van der Waals surface area contributed by atoms with Crippen LogP contribution in [0.2, 0.25) is 0 Å². The van der Waals surface area contributed by atoms with E-state index in [1.54, 1.807) is 23.5 Å². The molecule has 184 valence electrons. The number of nitriles is 1. The van der Waals surface area contributed by atoms with Crippen molar-refractivity contribution in [3.8, 4) is 17.2 Å². The predicted molar refractivity (Wildman–Crippen MR) is 138 cm³/mol. The third-order valence-electron chi connectivity index (χ3n) is 5.77. The van der Waals surface area contributed by atoms with E-state index in [1.807, 2.05) is 63.3 Å². The summed E-state index contributed by atoms with van der Waals surface area (Å²) in [7, 11) is 3.95. The number of thiophene rings is 1. The average molecular weight is 498 g/mol. The lowest BCUT2D eigenvalue weighted by atomic mass is 9.74. The van der Waals surface area contributed by atoms with Gasteiger partial charge in [-0.3, -0.25) is 4.98 Å². The molecule has 3 nitrogen and oxygen atoms in total. The summed E-state index contributed by atoms with van der Waals surface area (Å²) in [5, 5.41) is 11.1. The highest BCUT2D eigenvalue weighted by Crippen LogP contribution is 2.43. The number of benzene rings is 1. The molecule has 3 rings (SSSR count). The highest BCUT2D eigenvalue weighted by Gasteiger charge is 2.35. The van der Waals surface area contributed by atoms with Crippen LogP contribution in [0.4, 0.5) is 13.2 Å². The number of allylic oxidation sites excluding steroid dienone is 2. The maximum absolute atomic E-state index is 12.8. The van der Waals surface area contributed by atoms with Gasteiger partial charge in [0.2, 0.25) is 0 Å². The molecule has 0 spiro atoms. The van der Waals surface area contributed by atoms with E-state index < -0.39 is 17.3 Å². The van der Waals surface area contributed by atoms with Gasteiger partial charge in [-0.25, -0.2) is 0 Å². The summed E-state index contributed by atoms with van der Waals surface area (Å²) in [6.07, 6.45) is -1.43. The molecule has 1 aromatic carbocycles. The normalized spacial score (nSPS) is 12.1. The molecular formula is C28H30F3N3S. The number of rotatable bonds is 6. The number of nitrogens with zero attached hydrogens (tertiary/aromatic N) is 3. The second kappa shape index (κ2) is 11.4. The molecule has 0 aliphatic carbocycles. The molecule has 7 heteroatoms. The minimum absolute atomic E-state index is 0.214. The summed E-state index contributed by atoms with van der Waals surface area (Å²) in [5.41, 5.74) is 3.01. The smallest absolute Gasteiger partial charge is 0.382 e. The first kappa shape index (κ1) is 27.9. The number of alkyl halides is 3. The van der Waals surface area contributed by atoms with Crippen LogP contribution >= 0.6 is 11.3 Å². The van der Waals surface area contributed by atoms with Crippen molar-refractivity contribution in [1.29, 1.82) is 5.26 Å². The first-order valence-electron chi connectivity index (χ1n) is 10.9. The molecule has 2 heterocycles. The Bertz CT molecular complexity index is 1200. The maximum atomic E-state index is 12.8. The van der Waals surface area contributed by atoms with Gasteiger partial charge in [0.15, 0.2) is 0 Å². The number of halogens is 3. The zero-order valence-corrected chi connectivity index (χ0v) is 21.5. The topological polar surface area (TPSA) is 39.9 Å². The summed E-state index contributed by atoms with van der Waals surface area (Å²) in [6, 6.07) is 14.1. The van der Waals surface area contributed by atoms with Crippen LogP contribution in [-0.4, -0.2) is 24.0 Å². The molecule has 2 aromatic heterocycles. The first-order chi connectivity index (χ1) is 16.3. The van der Waals surface area contributed by atoms with Crippen molar-refractivity contribution in [3.63, 3.8) is 0 Å². The molecule has 35 heavy (non-hydrogen) atoms. The maximum Gasteiger partial charge on any atom is 0.433 e. The number of pyridine rings is 1. The van der Waals surface area contributed by atoms with Gasteiger partial charge in [-0.2, -0.15) is 18.4 Å². The van der Waals surface area contributed by atoms with Gasteiger partial charge in [0.1, 0.15) is 5.69 Å². The monoisotopic (exact) mass is 497 g/mol. The summed E-state index contributed by atoms with van der Waals surface area (Å²) >= 11 is 1.58. The first-order valence-corrected chi connectivity index (χ1v) is 11.8. The lowest BCUT2D eigenvalue weighted by Gasteiger charge is -2.32. The second-order valence-corrected chi connectivity index (χ2v) is 9.84. The molecule has 0 amide bonds. The summed E-state index contributed by atoms with van der Waals surface area (Å²) in [6.45, 7) is 13.6. The van der Waals surface area contributed by atoms with Crippen molar-refractivity contribution in [1.82, 2.24) is 9.88 Å². The molecule has 0 N–H and O–H groups in total. The average Bonchev–Trinajstić information content (AvgIpc) is 3.31. The standard InChI is InChI=1S/C23H19F3N2S.C5H11N/c1-4-19(17-8-9-20(28-13-17)23(24,25)26)22(2,3)21-11-18(14-29-21)16-7-5-6-15(10-16)12-27;1-5(2)6(3)4/h4-11,13-14,19H,1H2,2-3H3;1H2,2-4H3. The Morgan fingerprint density at radius 3 is 2.29 bits per heavy atom. The van der Waals surface area contributed by atoms with Crippen molar-refractivity contribution in [2.45, 2.75) is 38.3 Å². The van der Waals surface area contributed by atoms with Gasteiger partial charge in [0, 0.05) is 42.2 Å². The predicted octanol–water partition coefficient (Wildman–Crippen LogP) is 8.03. The third kappa shape index (κ3) is 7.06. The van der Waals surface area contributed by atoms with Gasteiger partial charge in [0.05, 0.1) is 11.6 Å². The SMILES string of the molecule is C=C(C)N(C)C.C=CC(c1ccc(C(F)(F)F)nc1)C(C)(C)c1cc(-c2cccc(C#N)c2)cs1. The van der Waals surface area contributed by atoms with Gasteiger partial charge < -0.3 is 4.90 Å². The van der Waals surface area contributed by atoms with E-state index in [1.165, 1.54) is 12.3 Å². The molecule has 0 aliphatic rings. The van der Waals surface area contributed by atoms with Crippen LogP contribution in [0.25, 0.3) is 11.1 Å². The van der Waals surface area contributed by atoms with E-state index in [4.69, 9.17) is 5.26 Å². The fourth-order valence-electron chi connectivity index (χ4n) is 3.35. The molecule has 0 radical (unpaired) electrons. The Labute approximate surface area is 209 Å². The number of hydrogen-bond acceptors (Lipinski definition) is 4. The highest BCUT2D eigenvalue weighted by atomic mass is 32.1. The van der Waals surface area contributed by atoms with Crippen LogP contribution in [-0.2, 0) is 11.6 Å². The molecule has 0 saturated carbocycles. The van der Waals surface area contributed by atoms with Crippen LogP contribution in [0, 0.1) is 11.3 Å². The largest absolute Gasteiger partial charge is 0.433 e. The second-order valence-electron chi connectivity index (χ2n) is 8.93. The van der Waals surface area contributed by atoms with Gasteiger partial charge in [0.25, 0.3) is 0 Å². The molecule has 3 aromatic rings. The van der Waals surface area contributed by atoms with Crippen molar-refractivity contribution in [2.75, 3.05) is 14.1 Å². The van der Waals surface area contributed by atoms with E-state index in [-0.39, 0.29) is 5.92 Å². The number of hydrogen-bond donors (Lipinski definition) is 0. The summed E-state index contributed by atoms with van der Waals surface area (Å²) in [5.74, 6) is -0.214. The molecule has 0 saturated heterocycles. The minimum atomic E-state index is -4.46. The van der Waals surface area contributed by atoms with E-state index in [9.17, 15) is 13.2 Å². The van der Waals surface area contributed by atoms with Crippen LogP contribution in [0.5, 0.6) is 0 Å². The van der Waals surface area contributed by atoms with Gasteiger partial charge in [-0.1, -0.05) is 44.7 Å². The molecule has 0 bridgehead atoms. The zero-order valence-electron chi connectivity index (χ0n) is 20.6. The Kier molecular flexibility index (Phi) is 9.06. The fourth-order valence-corrected chi connectivity index (χ4v) is 4.44. The zero-order chi connectivity index (χ0) is 26.4. The highest BCUT2D eigenvalue weighted by molar-refractivity contribution is 7.10. The Balaban J connectivity index is 0.000000641. The molecule has 0 fully saturated rings. The Morgan fingerprint density at radius 2 is 1.80 bits per heavy atom. The summed E-state index contributed by atoms with van der Waals surface area (Å²) in [4.78, 5) is 6.64. The van der Waals surface area contributed by atoms with Crippen molar-refractivity contribution >= 4 is 11.3 Å². The van der Waals surface area contributed by atoms with Gasteiger partial charge in [-0.05, 0) is 53.3 Å². The number of aromatic nitrogens is 1. The molecule has 1 atom stereocenters. The van der Waals surface area contributed by atoms with E-state index in [2.05, 4.69) is 30.3 Å². The minimum Gasteiger partial charge on any atom is -0.382 e. The quantitative estimate of drug-likeness (QED) is 0.324. The Hall–Kier alpha value is -3.37. The van der Waals surface area contributed by atoms with E-state index >= 15 is 0 Å². The van der Waals surface area contributed by atoms with Crippen LogP contribution in [0.1, 0.15) is 48.4 Å². The van der Waals surface area contributed by atoms with Gasteiger partial charge >= 0.3 is 6.18 Å². The van der Waals surface area contributed by atoms with E-state index in [0.717, 1.165) is 27.8 Å². The lowest BCUT2D eigenvalue weighted by Crippen LogP contribution is -2.25. The molecular weight excluding hydrogens is 467 g/mol. The third-order valence-corrected chi connectivity index (χ3v) is 7.04. The fraction of sp³-hybridized carbons (Fsp3) is 0.286. The van der Waals surface area contributed by atoms with Gasteiger partial charge in [-0.15, -0.1) is 17.9 Å². The van der Waals surface area contributed by atoms with Crippen LogP contribution < -0.4 is 0 Å². The van der Waals surface area contributed by atoms with Crippen molar-refractivity contribution in [2.24, 2.45) is 0 Å². The molecule has 1 unspecified atom stereocenters.